The van der Waals surface area contributed by atoms with E-state index in [-0.39, 0.29) is 5.91 Å². The Morgan fingerprint density at radius 2 is 1.97 bits per heavy atom. The van der Waals surface area contributed by atoms with Gasteiger partial charge < -0.3 is 15.5 Å². The first kappa shape index (κ1) is 23.2. The summed E-state index contributed by atoms with van der Waals surface area (Å²) in [6.07, 6.45) is 11.7. The van der Waals surface area contributed by atoms with Crippen LogP contribution in [-0.4, -0.2) is 52.5 Å². The Kier molecular flexibility index (Phi) is 6.65. The number of halogens is 1. The van der Waals surface area contributed by atoms with Gasteiger partial charge in [0.05, 0.1) is 16.1 Å². The van der Waals surface area contributed by atoms with E-state index in [4.69, 9.17) is 16.6 Å². The molecule has 0 radical (unpaired) electrons. The van der Waals surface area contributed by atoms with E-state index in [0.717, 1.165) is 52.7 Å². The average Bonchev–Trinajstić information content (AvgIpc) is 3.81. The maximum absolute atomic E-state index is 12.7. The van der Waals surface area contributed by atoms with Crippen LogP contribution in [0.1, 0.15) is 61.7 Å². The largest absolute Gasteiger partial charge is 0.354 e. The van der Waals surface area contributed by atoms with Gasteiger partial charge in [0.25, 0.3) is 5.91 Å². The van der Waals surface area contributed by atoms with E-state index >= 15 is 0 Å². The van der Waals surface area contributed by atoms with E-state index < -0.39 is 0 Å². The summed E-state index contributed by atoms with van der Waals surface area (Å²) >= 11 is 8.12. The van der Waals surface area contributed by atoms with Gasteiger partial charge in [0.2, 0.25) is 5.95 Å². The average molecular weight is 510 g/mol. The number of anilines is 1. The number of carbonyl (C=O) groups excluding carboxylic acids is 1. The van der Waals surface area contributed by atoms with E-state index in [1.165, 1.54) is 45.2 Å². The van der Waals surface area contributed by atoms with Crippen molar-refractivity contribution in [2.24, 2.45) is 5.92 Å². The molecule has 3 aliphatic rings. The van der Waals surface area contributed by atoms with Crippen molar-refractivity contribution in [1.29, 1.82) is 0 Å². The molecule has 1 amide bonds. The van der Waals surface area contributed by atoms with Gasteiger partial charge in [-0.1, -0.05) is 17.7 Å². The van der Waals surface area contributed by atoms with Crippen LogP contribution in [0, 0.1) is 5.92 Å². The first-order valence-electron chi connectivity index (χ1n) is 13.0. The molecule has 2 aromatic heterocycles. The van der Waals surface area contributed by atoms with Gasteiger partial charge in [-0.2, -0.15) is 0 Å². The van der Waals surface area contributed by atoms with Crippen LogP contribution in [0.3, 0.4) is 0 Å². The standard InChI is InChI=1S/C27H32ClN5OS/c28-22-16-30-27(29-12-2-3-17-10-13-33(14-11-17)19-8-9-19)32-25(22)24-15-21-20(4-1-5-23(21)35-24)26(34)31-18-6-7-18/h1,4-5,15-19H,2-3,6-14H2,(H,31,34)(H,29,30,32). The van der Waals surface area contributed by atoms with Gasteiger partial charge in [-0.15, -0.1) is 11.3 Å². The van der Waals surface area contributed by atoms with Crippen molar-refractivity contribution >= 4 is 44.9 Å². The van der Waals surface area contributed by atoms with Crippen LogP contribution in [0.2, 0.25) is 5.02 Å². The number of piperidine rings is 1. The Bertz CT molecular complexity index is 1210. The summed E-state index contributed by atoms with van der Waals surface area (Å²) in [5, 5.41) is 7.96. The van der Waals surface area contributed by atoms with Crippen LogP contribution in [0.15, 0.2) is 30.5 Å². The fourth-order valence-corrected chi connectivity index (χ4v) is 6.47. The highest BCUT2D eigenvalue weighted by atomic mass is 35.5. The number of hydrogen-bond donors (Lipinski definition) is 2. The lowest BCUT2D eigenvalue weighted by atomic mass is 9.92. The number of rotatable bonds is 9. The van der Waals surface area contributed by atoms with Crippen molar-refractivity contribution in [1.82, 2.24) is 20.2 Å². The van der Waals surface area contributed by atoms with Gasteiger partial charge >= 0.3 is 0 Å². The van der Waals surface area contributed by atoms with Gasteiger partial charge in [0.15, 0.2) is 0 Å². The van der Waals surface area contributed by atoms with E-state index in [1.54, 1.807) is 17.5 Å². The molecule has 184 valence electrons. The molecule has 0 spiro atoms. The molecule has 35 heavy (non-hydrogen) atoms. The minimum Gasteiger partial charge on any atom is -0.354 e. The number of amides is 1. The molecule has 2 saturated carbocycles. The molecular weight excluding hydrogens is 478 g/mol. The molecule has 1 aliphatic heterocycles. The fourth-order valence-electron chi connectivity index (χ4n) is 5.13. The molecular formula is C27H32ClN5OS. The van der Waals surface area contributed by atoms with Crippen molar-refractivity contribution in [3.63, 3.8) is 0 Å². The molecule has 1 saturated heterocycles. The zero-order valence-electron chi connectivity index (χ0n) is 19.9. The molecule has 6 rings (SSSR count). The fraction of sp³-hybridized carbons (Fsp3) is 0.519. The molecule has 2 aliphatic carbocycles. The second-order valence-corrected chi connectivity index (χ2v) is 11.7. The first-order valence-corrected chi connectivity index (χ1v) is 14.2. The Labute approximate surface area is 215 Å². The molecule has 3 aromatic rings. The smallest absolute Gasteiger partial charge is 0.252 e. The second kappa shape index (κ2) is 10.0. The van der Waals surface area contributed by atoms with Crippen LogP contribution in [-0.2, 0) is 0 Å². The molecule has 3 heterocycles. The zero-order valence-corrected chi connectivity index (χ0v) is 21.5. The Morgan fingerprint density at radius 1 is 1.14 bits per heavy atom. The van der Waals surface area contributed by atoms with E-state index in [1.807, 2.05) is 24.3 Å². The second-order valence-electron chi connectivity index (χ2n) is 10.2. The lowest BCUT2D eigenvalue weighted by molar-refractivity contribution is 0.0953. The van der Waals surface area contributed by atoms with Gasteiger partial charge in [-0.25, -0.2) is 9.97 Å². The van der Waals surface area contributed by atoms with Crippen LogP contribution in [0.5, 0.6) is 0 Å². The number of nitrogens with one attached hydrogen (secondary N) is 2. The van der Waals surface area contributed by atoms with Gasteiger partial charge in [0.1, 0.15) is 5.69 Å². The third kappa shape index (κ3) is 5.47. The molecule has 2 N–H and O–H groups in total. The maximum Gasteiger partial charge on any atom is 0.252 e. The monoisotopic (exact) mass is 509 g/mol. The molecule has 0 bridgehead atoms. The van der Waals surface area contributed by atoms with Crippen LogP contribution >= 0.6 is 22.9 Å². The molecule has 8 heteroatoms. The van der Waals surface area contributed by atoms with Crippen molar-refractivity contribution in [2.45, 2.75) is 63.5 Å². The highest BCUT2D eigenvalue weighted by molar-refractivity contribution is 7.22. The van der Waals surface area contributed by atoms with E-state index in [2.05, 4.69) is 20.5 Å². The summed E-state index contributed by atoms with van der Waals surface area (Å²) in [6, 6.07) is 9.14. The highest BCUT2D eigenvalue weighted by Gasteiger charge is 2.31. The van der Waals surface area contributed by atoms with Crippen molar-refractivity contribution < 1.29 is 4.79 Å². The summed E-state index contributed by atoms with van der Waals surface area (Å²) in [4.78, 5) is 25.5. The van der Waals surface area contributed by atoms with Crippen LogP contribution < -0.4 is 10.6 Å². The normalized spacial score (nSPS) is 19.2. The number of hydrogen-bond acceptors (Lipinski definition) is 6. The minimum absolute atomic E-state index is 0.00296. The first-order chi connectivity index (χ1) is 17.1. The molecule has 0 atom stereocenters. The molecule has 6 nitrogen and oxygen atoms in total. The summed E-state index contributed by atoms with van der Waals surface area (Å²) < 4.78 is 1.06. The van der Waals surface area contributed by atoms with E-state index in [9.17, 15) is 4.79 Å². The zero-order chi connectivity index (χ0) is 23.8. The lowest BCUT2D eigenvalue weighted by Crippen LogP contribution is -2.35. The number of nitrogens with zero attached hydrogens (tertiary/aromatic N) is 3. The van der Waals surface area contributed by atoms with Gasteiger partial charge in [-0.3, -0.25) is 4.79 Å². The summed E-state index contributed by atoms with van der Waals surface area (Å²) in [5.74, 6) is 1.45. The third-order valence-electron chi connectivity index (χ3n) is 7.48. The summed E-state index contributed by atoms with van der Waals surface area (Å²) in [7, 11) is 0. The number of likely N-dealkylation sites (tertiary alicyclic amines) is 1. The molecule has 3 fully saturated rings. The molecule has 1 aromatic carbocycles. The predicted octanol–water partition coefficient (Wildman–Crippen LogP) is 5.97. The topological polar surface area (TPSA) is 70.2 Å². The van der Waals surface area contributed by atoms with Crippen molar-refractivity contribution in [3.05, 3.63) is 41.0 Å². The SMILES string of the molecule is O=C(NC1CC1)c1cccc2sc(-c3nc(NCCCC4CCN(C5CC5)CC4)ncc3Cl)cc12. The van der Waals surface area contributed by atoms with E-state index in [0.29, 0.717) is 28.3 Å². The number of fused-ring (bicyclic) bond motifs is 1. The van der Waals surface area contributed by atoms with Crippen LogP contribution in [0.4, 0.5) is 5.95 Å². The predicted molar refractivity (Wildman–Crippen MR) is 143 cm³/mol. The van der Waals surface area contributed by atoms with Crippen LogP contribution in [0.25, 0.3) is 20.7 Å². The van der Waals surface area contributed by atoms with Gasteiger partial charge in [-0.05, 0) is 88.6 Å². The maximum atomic E-state index is 12.7. The minimum atomic E-state index is -0.00296. The number of benzene rings is 1. The summed E-state index contributed by atoms with van der Waals surface area (Å²) in [6.45, 7) is 3.43. The van der Waals surface area contributed by atoms with Gasteiger partial charge in [0, 0.05) is 34.3 Å². The lowest BCUT2D eigenvalue weighted by Gasteiger charge is -2.32. The highest BCUT2D eigenvalue weighted by Crippen LogP contribution is 2.38. The quantitative estimate of drug-likeness (QED) is 0.348. The Balaban J connectivity index is 1.09. The number of aromatic nitrogens is 2. The Morgan fingerprint density at radius 3 is 2.74 bits per heavy atom. The van der Waals surface area contributed by atoms with Crippen molar-refractivity contribution in [3.8, 4) is 10.6 Å². The third-order valence-corrected chi connectivity index (χ3v) is 8.86. The molecule has 0 unspecified atom stereocenters. The number of thiophene rings is 1. The Hall–Kier alpha value is -2.22. The van der Waals surface area contributed by atoms with Crippen molar-refractivity contribution in [2.75, 3.05) is 25.0 Å². The number of carbonyl (C=O) groups is 1. The summed E-state index contributed by atoms with van der Waals surface area (Å²) in [5.41, 5.74) is 1.43.